The Morgan fingerprint density at radius 2 is 2.00 bits per heavy atom. The molecule has 0 bridgehead atoms. The highest BCUT2D eigenvalue weighted by molar-refractivity contribution is 5.84. The molecule has 1 aromatic carbocycles. The molecule has 0 amide bonds. The van der Waals surface area contributed by atoms with E-state index < -0.39 is 5.97 Å². The van der Waals surface area contributed by atoms with Crippen molar-refractivity contribution in [3.05, 3.63) is 60.0 Å². The van der Waals surface area contributed by atoms with E-state index in [9.17, 15) is 9.18 Å². The summed E-state index contributed by atoms with van der Waals surface area (Å²) in [7, 11) is 0. The summed E-state index contributed by atoms with van der Waals surface area (Å²) >= 11 is 0. The lowest BCUT2D eigenvalue weighted by Crippen LogP contribution is -2.03. The normalized spacial score (nSPS) is 10.5. The Bertz CT molecular complexity index is 815. The average Bonchev–Trinajstić information content (AvgIpc) is 3.02. The number of halogens is 1. The first-order valence-corrected chi connectivity index (χ1v) is 6.51. The molecule has 2 aromatic heterocycles. The predicted molar refractivity (Wildman–Crippen MR) is 75.2 cm³/mol. The van der Waals surface area contributed by atoms with Crippen molar-refractivity contribution in [2.45, 2.75) is 6.61 Å². The fourth-order valence-corrected chi connectivity index (χ4v) is 1.86. The van der Waals surface area contributed by atoms with E-state index in [0.29, 0.717) is 16.8 Å². The molecular formula is C15H10FN3O4. The summed E-state index contributed by atoms with van der Waals surface area (Å²) < 4.78 is 23.3. The molecule has 0 aliphatic heterocycles. The van der Waals surface area contributed by atoms with Crippen LogP contribution in [-0.4, -0.2) is 26.2 Å². The molecule has 7 nitrogen and oxygen atoms in total. The Morgan fingerprint density at radius 1 is 1.22 bits per heavy atom. The van der Waals surface area contributed by atoms with Gasteiger partial charge in [0.25, 0.3) is 0 Å². The van der Waals surface area contributed by atoms with Crippen molar-refractivity contribution in [2.75, 3.05) is 0 Å². The SMILES string of the molecule is O=C(O)c1cnc(OCc2conc2-c2ccc(F)cc2)cn1. The minimum atomic E-state index is -1.17. The molecular weight excluding hydrogens is 305 g/mol. The number of ether oxygens (including phenoxy) is 1. The molecule has 0 fully saturated rings. The topological polar surface area (TPSA) is 98.3 Å². The third-order valence-corrected chi connectivity index (χ3v) is 2.98. The second-order valence-electron chi connectivity index (χ2n) is 4.53. The summed E-state index contributed by atoms with van der Waals surface area (Å²) in [5.41, 5.74) is 1.68. The molecule has 0 aliphatic carbocycles. The first kappa shape index (κ1) is 14.6. The van der Waals surface area contributed by atoms with Crippen LogP contribution in [0.4, 0.5) is 4.39 Å². The highest BCUT2D eigenvalue weighted by Crippen LogP contribution is 2.23. The second-order valence-corrected chi connectivity index (χ2v) is 4.53. The number of nitrogens with zero attached hydrogens (tertiary/aromatic N) is 3. The predicted octanol–water partition coefficient (Wildman–Crippen LogP) is 2.55. The van der Waals surface area contributed by atoms with Crippen molar-refractivity contribution >= 4 is 5.97 Å². The van der Waals surface area contributed by atoms with Gasteiger partial charge in [0.15, 0.2) is 5.69 Å². The van der Waals surface area contributed by atoms with Gasteiger partial charge < -0.3 is 14.4 Å². The van der Waals surface area contributed by atoms with E-state index >= 15 is 0 Å². The third kappa shape index (κ3) is 3.31. The van der Waals surface area contributed by atoms with Crippen molar-refractivity contribution in [1.82, 2.24) is 15.1 Å². The van der Waals surface area contributed by atoms with Gasteiger partial charge in [0.1, 0.15) is 24.4 Å². The number of rotatable bonds is 5. The Hall–Kier alpha value is -3.29. The number of carboxylic acids is 1. The molecule has 23 heavy (non-hydrogen) atoms. The Morgan fingerprint density at radius 3 is 2.65 bits per heavy atom. The van der Waals surface area contributed by atoms with E-state index in [0.717, 1.165) is 6.20 Å². The van der Waals surface area contributed by atoms with Crippen LogP contribution in [0.1, 0.15) is 16.1 Å². The number of hydrogen-bond donors (Lipinski definition) is 1. The van der Waals surface area contributed by atoms with Crippen molar-refractivity contribution < 1.29 is 23.6 Å². The lowest BCUT2D eigenvalue weighted by molar-refractivity contribution is 0.0689. The highest BCUT2D eigenvalue weighted by Gasteiger charge is 2.12. The second kappa shape index (κ2) is 6.22. The van der Waals surface area contributed by atoms with Crippen molar-refractivity contribution in [1.29, 1.82) is 0 Å². The summed E-state index contributed by atoms with van der Waals surface area (Å²) in [6.45, 7) is 0.0946. The lowest BCUT2D eigenvalue weighted by Gasteiger charge is -2.04. The van der Waals surface area contributed by atoms with E-state index in [1.807, 2.05) is 0 Å². The number of hydrogen-bond acceptors (Lipinski definition) is 6. The van der Waals surface area contributed by atoms with Gasteiger partial charge in [-0.25, -0.2) is 19.2 Å². The van der Waals surface area contributed by atoms with Crippen LogP contribution in [0.25, 0.3) is 11.3 Å². The molecule has 1 N–H and O–H groups in total. The fourth-order valence-electron chi connectivity index (χ4n) is 1.86. The summed E-state index contributed by atoms with van der Waals surface area (Å²) in [4.78, 5) is 18.2. The molecule has 0 saturated carbocycles. The number of carboxylic acid groups (broad SMARTS) is 1. The minimum Gasteiger partial charge on any atom is -0.476 e. The smallest absolute Gasteiger partial charge is 0.356 e. The van der Waals surface area contributed by atoms with Crippen LogP contribution in [0.2, 0.25) is 0 Å². The molecule has 2 heterocycles. The molecule has 0 aliphatic rings. The summed E-state index contributed by atoms with van der Waals surface area (Å²) in [6, 6.07) is 5.81. The van der Waals surface area contributed by atoms with E-state index in [1.165, 1.54) is 24.6 Å². The van der Waals surface area contributed by atoms with Crippen LogP contribution in [0.15, 0.2) is 47.4 Å². The highest BCUT2D eigenvalue weighted by atomic mass is 19.1. The van der Waals surface area contributed by atoms with Crippen molar-refractivity contribution in [2.24, 2.45) is 0 Å². The fraction of sp³-hybridized carbons (Fsp3) is 0.0667. The van der Waals surface area contributed by atoms with Gasteiger partial charge in [-0.1, -0.05) is 5.16 Å². The van der Waals surface area contributed by atoms with Crippen molar-refractivity contribution in [3.8, 4) is 17.1 Å². The largest absolute Gasteiger partial charge is 0.476 e. The maximum absolute atomic E-state index is 13.0. The Kier molecular flexibility index (Phi) is 3.96. The van der Waals surface area contributed by atoms with Gasteiger partial charge in [-0.15, -0.1) is 0 Å². The molecule has 3 aromatic rings. The van der Waals surface area contributed by atoms with E-state index in [2.05, 4.69) is 15.1 Å². The number of aromatic carboxylic acids is 1. The van der Waals surface area contributed by atoms with Gasteiger partial charge in [0.2, 0.25) is 5.88 Å². The van der Waals surface area contributed by atoms with E-state index in [1.54, 1.807) is 12.1 Å². The van der Waals surface area contributed by atoms with E-state index in [-0.39, 0.29) is 24.0 Å². The maximum Gasteiger partial charge on any atom is 0.356 e. The molecule has 0 radical (unpaired) electrons. The van der Waals surface area contributed by atoms with Gasteiger partial charge in [-0.3, -0.25) is 0 Å². The van der Waals surface area contributed by atoms with Crippen LogP contribution in [0.3, 0.4) is 0 Å². The standard InChI is InChI=1S/C15H10FN3O4/c16-11-3-1-9(2-4-11)14-10(8-23-19-14)7-22-13-6-17-12(5-18-13)15(20)21/h1-6,8H,7H2,(H,20,21). The summed E-state index contributed by atoms with van der Waals surface area (Å²) in [6.07, 6.45) is 3.73. The van der Waals surface area contributed by atoms with Crippen LogP contribution in [-0.2, 0) is 6.61 Å². The number of carbonyl (C=O) groups is 1. The molecule has 8 heteroatoms. The van der Waals surface area contributed by atoms with Gasteiger partial charge in [-0.05, 0) is 24.3 Å². The minimum absolute atomic E-state index is 0.0946. The summed E-state index contributed by atoms with van der Waals surface area (Å²) in [5.74, 6) is -1.34. The van der Waals surface area contributed by atoms with Gasteiger partial charge >= 0.3 is 5.97 Å². The Balaban J connectivity index is 1.73. The van der Waals surface area contributed by atoms with Crippen LogP contribution < -0.4 is 4.74 Å². The maximum atomic E-state index is 13.0. The molecule has 0 atom stereocenters. The molecule has 0 spiro atoms. The third-order valence-electron chi connectivity index (χ3n) is 2.98. The first-order valence-electron chi connectivity index (χ1n) is 6.51. The molecule has 0 saturated heterocycles. The van der Waals surface area contributed by atoms with Gasteiger partial charge in [0.05, 0.1) is 18.0 Å². The quantitative estimate of drug-likeness (QED) is 0.772. The van der Waals surface area contributed by atoms with Crippen LogP contribution >= 0.6 is 0 Å². The zero-order chi connectivity index (χ0) is 16.2. The Labute approximate surface area is 129 Å². The zero-order valence-electron chi connectivity index (χ0n) is 11.6. The number of aromatic nitrogens is 3. The van der Waals surface area contributed by atoms with Crippen molar-refractivity contribution in [3.63, 3.8) is 0 Å². The van der Waals surface area contributed by atoms with Gasteiger partial charge in [0, 0.05) is 5.56 Å². The molecule has 3 rings (SSSR count). The number of benzene rings is 1. The summed E-state index contributed by atoms with van der Waals surface area (Å²) in [5, 5.41) is 12.6. The zero-order valence-corrected chi connectivity index (χ0v) is 11.6. The van der Waals surface area contributed by atoms with Crippen LogP contribution in [0.5, 0.6) is 5.88 Å². The monoisotopic (exact) mass is 315 g/mol. The lowest BCUT2D eigenvalue weighted by atomic mass is 10.1. The molecule has 116 valence electrons. The molecule has 0 unspecified atom stereocenters. The van der Waals surface area contributed by atoms with Crippen LogP contribution in [0, 0.1) is 5.82 Å². The average molecular weight is 315 g/mol. The first-order chi connectivity index (χ1) is 11.1. The van der Waals surface area contributed by atoms with Gasteiger partial charge in [-0.2, -0.15) is 0 Å². The van der Waals surface area contributed by atoms with E-state index in [4.69, 9.17) is 14.4 Å².